The summed E-state index contributed by atoms with van der Waals surface area (Å²) in [6.07, 6.45) is 1.31. The van der Waals surface area contributed by atoms with E-state index in [0.717, 1.165) is 5.56 Å². The third kappa shape index (κ3) is 3.07. The Hall–Kier alpha value is -2.34. The van der Waals surface area contributed by atoms with Crippen LogP contribution in [0.4, 0.5) is 5.69 Å². The predicted octanol–water partition coefficient (Wildman–Crippen LogP) is 2.67. The smallest absolute Gasteiger partial charge is 0.259 e. The molecule has 0 spiro atoms. The van der Waals surface area contributed by atoms with Crippen molar-refractivity contribution in [3.63, 3.8) is 0 Å². The van der Waals surface area contributed by atoms with Crippen LogP contribution in [0.5, 0.6) is 5.75 Å². The first-order valence-electron chi connectivity index (χ1n) is 7.31. The van der Waals surface area contributed by atoms with Crippen molar-refractivity contribution < 1.29 is 17.9 Å². The van der Waals surface area contributed by atoms with E-state index in [1.54, 1.807) is 42.5 Å². The van der Waals surface area contributed by atoms with Gasteiger partial charge in [0.15, 0.2) is 9.84 Å². The summed E-state index contributed by atoms with van der Waals surface area (Å²) < 4.78 is 29.2. The van der Waals surface area contributed by atoms with Crippen molar-refractivity contribution in [2.24, 2.45) is 0 Å². The van der Waals surface area contributed by atoms with Gasteiger partial charge in [0, 0.05) is 5.69 Å². The van der Waals surface area contributed by atoms with E-state index in [-0.39, 0.29) is 11.7 Å². The van der Waals surface area contributed by atoms with Crippen LogP contribution in [0.2, 0.25) is 0 Å². The maximum absolute atomic E-state index is 12.4. The van der Waals surface area contributed by atoms with E-state index in [9.17, 15) is 13.2 Å². The topological polar surface area (TPSA) is 72.5 Å². The van der Waals surface area contributed by atoms with E-state index in [2.05, 4.69) is 5.32 Å². The lowest BCUT2D eigenvalue weighted by atomic mass is 10.1. The Labute approximate surface area is 135 Å². The first kappa shape index (κ1) is 15.6. The Balaban J connectivity index is 1.88. The van der Waals surface area contributed by atoms with Gasteiger partial charge in [0.05, 0.1) is 23.3 Å². The van der Waals surface area contributed by atoms with Crippen molar-refractivity contribution in [3.8, 4) is 5.75 Å². The number of anilines is 1. The molecule has 0 aliphatic carbocycles. The number of para-hydroxylation sites is 1. The van der Waals surface area contributed by atoms with Gasteiger partial charge in [-0.2, -0.15) is 0 Å². The molecule has 6 heteroatoms. The standard InChI is InChI=1S/C17H17NO4S/c1-22-15-7-3-2-6-14(15)17(19)18-13-8-9-16-12(11-13)5-4-10-23(16,20)21/h2-3,6-9,11H,4-5,10H2,1H3,(H,18,19). The molecule has 0 radical (unpaired) electrons. The number of carbonyl (C=O) groups excluding carboxylic acids is 1. The maximum atomic E-state index is 12.4. The number of fused-ring (bicyclic) bond motifs is 1. The molecular formula is C17H17NO4S. The van der Waals surface area contributed by atoms with Crippen molar-refractivity contribution >= 4 is 21.4 Å². The summed E-state index contributed by atoms with van der Waals surface area (Å²) in [6.45, 7) is 0. The van der Waals surface area contributed by atoms with Gasteiger partial charge in [-0.1, -0.05) is 12.1 Å². The van der Waals surface area contributed by atoms with Crippen LogP contribution >= 0.6 is 0 Å². The zero-order valence-corrected chi connectivity index (χ0v) is 13.5. The van der Waals surface area contributed by atoms with Gasteiger partial charge in [0.2, 0.25) is 0 Å². The van der Waals surface area contributed by atoms with Crippen LogP contribution in [-0.4, -0.2) is 27.2 Å². The molecule has 120 valence electrons. The number of ether oxygens (including phenoxy) is 1. The number of methoxy groups -OCH3 is 1. The highest BCUT2D eigenvalue weighted by atomic mass is 32.2. The molecule has 0 atom stereocenters. The van der Waals surface area contributed by atoms with Gasteiger partial charge in [-0.05, 0) is 48.7 Å². The van der Waals surface area contributed by atoms with E-state index < -0.39 is 9.84 Å². The summed E-state index contributed by atoms with van der Waals surface area (Å²) in [4.78, 5) is 12.8. The lowest BCUT2D eigenvalue weighted by Gasteiger charge is -2.17. The summed E-state index contributed by atoms with van der Waals surface area (Å²) in [5.74, 6) is 0.388. The number of sulfone groups is 1. The second-order valence-corrected chi connectivity index (χ2v) is 7.48. The Morgan fingerprint density at radius 1 is 1.17 bits per heavy atom. The Kier molecular flexibility index (Phi) is 4.09. The Morgan fingerprint density at radius 2 is 1.96 bits per heavy atom. The zero-order valence-electron chi connectivity index (χ0n) is 12.7. The Bertz CT molecular complexity index is 859. The van der Waals surface area contributed by atoms with Crippen LogP contribution in [0.15, 0.2) is 47.4 Å². The third-order valence-corrected chi connectivity index (χ3v) is 5.76. The fourth-order valence-electron chi connectivity index (χ4n) is 2.75. The largest absolute Gasteiger partial charge is 0.496 e. The van der Waals surface area contributed by atoms with Crippen molar-refractivity contribution in [3.05, 3.63) is 53.6 Å². The molecule has 2 aromatic rings. The molecular weight excluding hydrogens is 314 g/mol. The molecule has 23 heavy (non-hydrogen) atoms. The van der Waals surface area contributed by atoms with Gasteiger partial charge in [0.25, 0.3) is 5.91 Å². The summed E-state index contributed by atoms with van der Waals surface area (Å²) in [5, 5.41) is 2.80. The van der Waals surface area contributed by atoms with Crippen molar-refractivity contribution in [2.45, 2.75) is 17.7 Å². The number of hydrogen-bond donors (Lipinski definition) is 1. The Morgan fingerprint density at radius 3 is 2.74 bits per heavy atom. The molecule has 2 aromatic carbocycles. The van der Waals surface area contributed by atoms with E-state index in [1.165, 1.54) is 7.11 Å². The highest BCUT2D eigenvalue weighted by Gasteiger charge is 2.23. The summed E-state index contributed by atoms with van der Waals surface area (Å²) in [7, 11) is -1.67. The fraction of sp³-hybridized carbons (Fsp3) is 0.235. The van der Waals surface area contributed by atoms with Crippen LogP contribution in [-0.2, 0) is 16.3 Å². The first-order valence-corrected chi connectivity index (χ1v) is 8.96. The number of carbonyl (C=O) groups is 1. The molecule has 5 nitrogen and oxygen atoms in total. The lowest BCUT2D eigenvalue weighted by molar-refractivity contribution is 0.102. The molecule has 1 N–H and O–H groups in total. The SMILES string of the molecule is COc1ccccc1C(=O)Nc1ccc2c(c1)CCCS2(=O)=O. The molecule has 0 aromatic heterocycles. The van der Waals surface area contributed by atoms with Crippen LogP contribution < -0.4 is 10.1 Å². The quantitative estimate of drug-likeness (QED) is 0.938. The average molecular weight is 331 g/mol. The highest BCUT2D eigenvalue weighted by Crippen LogP contribution is 2.28. The van der Waals surface area contributed by atoms with E-state index in [4.69, 9.17) is 4.74 Å². The van der Waals surface area contributed by atoms with Crippen molar-refractivity contribution in [1.82, 2.24) is 0 Å². The van der Waals surface area contributed by atoms with Gasteiger partial charge in [0.1, 0.15) is 5.75 Å². The van der Waals surface area contributed by atoms with Crippen LogP contribution in [0, 0.1) is 0 Å². The normalized spacial score (nSPS) is 15.5. The van der Waals surface area contributed by atoms with Crippen LogP contribution in [0.1, 0.15) is 22.3 Å². The van der Waals surface area contributed by atoms with E-state index in [1.807, 2.05) is 0 Å². The van der Waals surface area contributed by atoms with Gasteiger partial charge in [-0.25, -0.2) is 8.42 Å². The minimum atomic E-state index is -3.18. The van der Waals surface area contributed by atoms with E-state index in [0.29, 0.717) is 34.7 Å². The van der Waals surface area contributed by atoms with Gasteiger partial charge >= 0.3 is 0 Å². The van der Waals surface area contributed by atoms with Crippen molar-refractivity contribution in [1.29, 1.82) is 0 Å². The molecule has 0 unspecified atom stereocenters. The number of benzene rings is 2. The van der Waals surface area contributed by atoms with Crippen LogP contribution in [0.25, 0.3) is 0 Å². The average Bonchev–Trinajstić information content (AvgIpc) is 2.54. The molecule has 3 rings (SSSR count). The summed E-state index contributed by atoms with van der Waals surface area (Å²) in [6, 6.07) is 11.9. The van der Waals surface area contributed by atoms with E-state index >= 15 is 0 Å². The van der Waals surface area contributed by atoms with Crippen molar-refractivity contribution in [2.75, 3.05) is 18.2 Å². The predicted molar refractivity (Wildman–Crippen MR) is 87.8 cm³/mol. The molecule has 1 amide bonds. The zero-order chi connectivity index (χ0) is 16.4. The molecule has 1 heterocycles. The van der Waals surface area contributed by atoms with Gasteiger partial charge < -0.3 is 10.1 Å². The minimum Gasteiger partial charge on any atom is -0.496 e. The molecule has 0 saturated heterocycles. The number of amides is 1. The fourth-order valence-corrected chi connectivity index (χ4v) is 4.33. The minimum absolute atomic E-state index is 0.187. The number of rotatable bonds is 3. The molecule has 0 fully saturated rings. The monoisotopic (exact) mass is 331 g/mol. The second kappa shape index (κ2) is 6.04. The second-order valence-electron chi connectivity index (χ2n) is 5.40. The summed E-state index contributed by atoms with van der Waals surface area (Å²) >= 11 is 0. The first-order chi connectivity index (χ1) is 11.0. The number of aryl methyl sites for hydroxylation is 1. The van der Waals surface area contributed by atoms with Gasteiger partial charge in [-0.15, -0.1) is 0 Å². The molecule has 1 aliphatic heterocycles. The highest BCUT2D eigenvalue weighted by molar-refractivity contribution is 7.91. The molecule has 1 aliphatic rings. The van der Waals surface area contributed by atoms with Crippen LogP contribution in [0.3, 0.4) is 0 Å². The molecule has 0 bridgehead atoms. The summed E-state index contributed by atoms with van der Waals surface area (Å²) in [5.41, 5.74) is 1.77. The molecule has 0 saturated carbocycles. The number of nitrogens with one attached hydrogen (secondary N) is 1. The lowest BCUT2D eigenvalue weighted by Crippen LogP contribution is -2.17. The maximum Gasteiger partial charge on any atom is 0.259 e. The third-order valence-electron chi connectivity index (χ3n) is 3.86. The number of hydrogen-bond acceptors (Lipinski definition) is 4. The van der Waals surface area contributed by atoms with Gasteiger partial charge in [-0.3, -0.25) is 4.79 Å².